The Bertz CT molecular complexity index is 691. The maximum absolute atomic E-state index is 12.6. The summed E-state index contributed by atoms with van der Waals surface area (Å²) < 4.78 is 0. The number of amides is 1. The molecule has 1 unspecified atom stereocenters. The highest BCUT2D eigenvalue weighted by atomic mass is 32.2. The van der Waals surface area contributed by atoms with E-state index in [0.717, 1.165) is 56.0 Å². The van der Waals surface area contributed by atoms with Gasteiger partial charge in [0.05, 0.1) is 6.10 Å². The van der Waals surface area contributed by atoms with E-state index in [-0.39, 0.29) is 17.9 Å². The van der Waals surface area contributed by atoms with Gasteiger partial charge in [-0.3, -0.25) is 4.79 Å². The van der Waals surface area contributed by atoms with Crippen LogP contribution in [0.3, 0.4) is 0 Å². The molecule has 1 amide bonds. The molecule has 0 aliphatic carbocycles. The topological polar surface area (TPSA) is 77.8 Å². The maximum atomic E-state index is 12.6. The van der Waals surface area contributed by atoms with Crippen LogP contribution in [0.1, 0.15) is 82.8 Å². The summed E-state index contributed by atoms with van der Waals surface area (Å²) in [5.41, 5.74) is 2.46. The van der Waals surface area contributed by atoms with Crippen LogP contribution >= 0.6 is 11.8 Å². The van der Waals surface area contributed by atoms with Gasteiger partial charge in [-0.25, -0.2) is 4.79 Å². The number of unbranched alkanes of at least 4 members (excludes halogenated alkanes) is 2. The molecule has 31 heavy (non-hydrogen) atoms. The van der Waals surface area contributed by atoms with Gasteiger partial charge in [-0.2, -0.15) is 0 Å². The number of carboxylic acid groups (broad SMARTS) is 1. The molecule has 0 spiro atoms. The normalized spacial score (nSPS) is 18.9. The Morgan fingerprint density at radius 1 is 1.16 bits per heavy atom. The largest absolute Gasteiger partial charge is 0.473 e. The summed E-state index contributed by atoms with van der Waals surface area (Å²) in [5, 5.41) is 18.6. The van der Waals surface area contributed by atoms with Crippen LogP contribution in [0.25, 0.3) is 0 Å². The molecule has 0 saturated carbocycles. The summed E-state index contributed by atoms with van der Waals surface area (Å²) in [6.45, 7) is 7.25. The van der Waals surface area contributed by atoms with Gasteiger partial charge in [0.15, 0.2) is 0 Å². The summed E-state index contributed by atoms with van der Waals surface area (Å²) in [7, 11) is 0. The molecular weight excluding hydrogens is 410 g/mol. The van der Waals surface area contributed by atoms with Crippen molar-refractivity contribution < 1.29 is 19.8 Å². The lowest BCUT2D eigenvalue weighted by molar-refractivity contribution is -0.138. The number of thioether (sulfide) groups is 1. The van der Waals surface area contributed by atoms with E-state index in [1.54, 1.807) is 0 Å². The van der Waals surface area contributed by atoms with Gasteiger partial charge in [0.2, 0.25) is 5.91 Å². The molecule has 1 heterocycles. The van der Waals surface area contributed by atoms with Crippen LogP contribution in [-0.4, -0.2) is 50.8 Å². The van der Waals surface area contributed by atoms with Crippen molar-refractivity contribution in [3.8, 4) is 0 Å². The molecule has 1 saturated heterocycles. The number of carbonyl (C=O) groups excluding carboxylic acids is 1. The number of piperidine rings is 1. The molecule has 1 fully saturated rings. The summed E-state index contributed by atoms with van der Waals surface area (Å²) >= 11 is 0.941. The number of carbonyl (C=O) groups is 2. The minimum absolute atomic E-state index is 0.188. The number of rotatable bonds is 12. The van der Waals surface area contributed by atoms with E-state index in [0.29, 0.717) is 30.9 Å². The van der Waals surface area contributed by atoms with Crippen LogP contribution in [-0.2, 0) is 11.2 Å². The number of aliphatic hydroxyl groups is 1. The molecule has 0 radical (unpaired) electrons. The van der Waals surface area contributed by atoms with Crippen LogP contribution in [0.2, 0.25) is 0 Å². The third kappa shape index (κ3) is 8.85. The Labute approximate surface area is 191 Å². The van der Waals surface area contributed by atoms with Crippen molar-refractivity contribution in [3.63, 3.8) is 0 Å². The minimum Gasteiger partial charge on any atom is -0.473 e. The van der Waals surface area contributed by atoms with Gasteiger partial charge in [0, 0.05) is 24.8 Å². The SMILES string of the molecule is CC(C)c1ccc(CC(O)C[C@H](C)[C@H]2CCCC(=O)N2CCCCCSC(=O)O)cc1. The lowest BCUT2D eigenvalue weighted by atomic mass is 9.86. The van der Waals surface area contributed by atoms with Gasteiger partial charge in [-0.1, -0.05) is 51.5 Å². The third-order valence-corrected chi connectivity index (χ3v) is 7.04. The van der Waals surface area contributed by atoms with E-state index in [2.05, 4.69) is 45.0 Å². The fourth-order valence-corrected chi connectivity index (χ4v) is 5.05. The number of hydrogen-bond acceptors (Lipinski definition) is 4. The zero-order chi connectivity index (χ0) is 22.8. The Morgan fingerprint density at radius 3 is 2.52 bits per heavy atom. The lowest BCUT2D eigenvalue weighted by Gasteiger charge is -2.40. The van der Waals surface area contributed by atoms with E-state index in [1.807, 2.05) is 4.90 Å². The lowest BCUT2D eigenvalue weighted by Crippen LogP contribution is -2.48. The van der Waals surface area contributed by atoms with Crippen molar-refractivity contribution in [2.24, 2.45) is 5.92 Å². The Morgan fingerprint density at radius 2 is 1.87 bits per heavy atom. The monoisotopic (exact) mass is 449 g/mol. The van der Waals surface area contributed by atoms with Crippen LogP contribution in [0.5, 0.6) is 0 Å². The molecule has 1 aliphatic rings. The molecule has 1 aromatic rings. The van der Waals surface area contributed by atoms with Crippen LogP contribution in [0.15, 0.2) is 24.3 Å². The van der Waals surface area contributed by atoms with Crippen molar-refractivity contribution in [3.05, 3.63) is 35.4 Å². The fraction of sp³-hybridized carbons (Fsp3) is 0.680. The molecule has 5 nitrogen and oxygen atoms in total. The number of aliphatic hydroxyl groups excluding tert-OH is 1. The van der Waals surface area contributed by atoms with E-state index in [1.165, 1.54) is 5.56 Å². The molecule has 1 aromatic carbocycles. The maximum Gasteiger partial charge on any atom is 0.364 e. The smallest absolute Gasteiger partial charge is 0.364 e. The summed E-state index contributed by atoms with van der Waals surface area (Å²) in [6, 6.07) is 8.71. The summed E-state index contributed by atoms with van der Waals surface area (Å²) in [6.07, 6.45) is 6.15. The number of likely N-dealkylation sites (tertiary alicyclic amines) is 1. The number of hydrogen-bond donors (Lipinski definition) is 2. The average molecular weight is 450 g/mol. The molecule has 1 aliphatic heterocycles. The number of nitrogens with zero attached hydrogens (tertiary/aromatic N) is 1. The first kappa shape index (κ1) is 25.7. The molecule has 0 bridgehead atoms. The van der Waals surface area contributed by atoms with Crippen molar-refractivity contribution in [2.45, 2.75) is 90.2 Å². The molecule has 6 heteroatoms. The zero-order valence-electron chi connectivity index (χ0n) is 19.3. The van der Waals surface area contributed by atoms with Gasteiger partial charge < -0.3 is 15.1 Å². The Kier molecular flexibility index (Phi) is 10.9. The highest BCUT2D eigenvalue weighted by molar-refractivity contribution is 8.13. The first-order valence-electron chi connectivity index (χ1n) is 11.7. The van der Waals surface area contributed by atoms with Crippen molar-refractivity contribution in [1.82, 2.24) is 4.90 Å². The minimum atomic E-state index is -0.825. The van der Waals surface area contributed by atoms with E-state index < -0.39 is 11.4 Å². The van der Waals surface area contributed by atoms with E-state index >= 15 is 0 Å². The predicted octanol–water partition coefficient (Wildman–Crippen LogP) is 5.70. The van der Waals surface area contributed by atoms with Crippen LogP contribution in [0.4, 0.5) is 4.79 Å². The average Bonchev–Trinajstić information content (AvgIpc) is 2.71. The van der Waals surface area contributed by atoms with Gasteiger partial charge in [-0.15, -0.1) is 0 Å². The summed E-state index contributed by atoms with van der Waals surface area (Å²) in [5.74, 6) is 1.59. The van der Waals surface area contributed by atoms with Crippen molar-refractivity contribution in [2.75, 3.05) is 12.3 Å². The first-order chi connectivity index (χ1) is 14.8. The molecule has 2 N–H and O–H groups in total. The summed E-state index contributed by atoms with van der Waals surface area (Å²) in [4.78, 5) is 25.2. The highest BCUT2D eigenvalue weighted by Gasteiger charge is 2.32. The van der Waals surface area contributed by atoms with E-state index in [9.17, 15) is 14.7 Å². The van der Waals surface area contributed by atoms with Crippen molar-refractivity contribution >= 4 is 23.0 Å². The molecule has 3 atom stereocenters. The van der Waals surface area contributed by atoms with E-state index in [4.69, 9.17) is 5.11 Å². The predicted molar refractivity (Wildman–Crippen MR) is 128 cm³/mol. The van der Waals surface area contributed by atoms with Crippen LogP contribution in [0, 0.1) is 5.92 Å². The number of benzene rings is 1. The molecule has 174 valence electrons. The van der Waals surface area contributed by atoms with Crippen LogP contribution < -0.4 is 0 Å². The molecular formula is C25H39NO4S. The Balaban J connectivity index is 1.83. The van der Waals surface area contributed by atoms with Crippen molar-refractivity contribution in [1.29, 1.82) is 0 Å². The fourth-order valence-electron chi connectivity index (χ4n) is 4.53. The second-order valence-electron chi connectivity index (χ2n) is 9.19. The third-order valence-electron chi connectivity index (χ3n) is 6.30. The second-order valence-corrected chi connectivity index (χ2v) is 10.2. The first-order valence-corrected chi connectivity index (χ1v) is 12.7. The zero-order valence-corrected chi connectivity index (χ0v) is 20.1. The molecule has 2 rings (SSSR count). The Hall–Kier alpha value is -1.53. The van der Waals surface area contributed by atoms with Gasteiger partial charge in [0.25, 0.3) is 0 Å². The van der Waals surface area contributed by atoms with Gasteiger partial charge in [0.1, 0.15) is 0 Å². The highest BCUT2D eigenvalue weighted by Crippen LogP contribution is 2.28. The van der Waals surface area contributed by atoms with Gasteiger partial charge in [-0.05, 0) is 73.2 Å². The standard InChI is InChI=1S/C25H39NO4S/c1-18(2)21-12-10-20(11-13-21)17-22(27)16-19(3)23-8-7-9-24(28)26(23)14-5-4-6-15-31-25(29)30/h10-13,18-19,22-23,27H,4-9,14-17H2,1-3H3,(H,29,30)/t19-,22?,23+/m0/s1. The molecule has 0 aromatic heterocycles. The second kappa shape index (κ2) is 13.1. The quantitative estimate of drug-likeness (QED) is 0.400. The van der Waals surface area contributed by atoms with Gasteiger partial charge >= 0.3 is 5.30 Å².